The quantitative estimate of drug-likeness (QED) is 0.132. The van der Waals surface area contributed by atoms with E-state index in [1.165, 1.54) is 28.4 Å². The predicted octanol–water partition coefficient (Wildman–Crippen LogP) is 0.764. The first-order valence-corrected chi connectivity index (χ1v) is 10.2. The Morgan fingerprint density at radius 1 is 1.00 bits per heavy atom. The second kappa shape index (κ2) is 11.8. The molecule has 11 heteroatoms. The van der Waals surface area contributed by atoms with Gasteiger partial charge in [0.25, 0.3) is 0 Å². The Morgan fingerprint density at radius 3 is 2.15 bits per heavy atom. The minimum absolute atomic E-state index is 0.171. The number of Topliss-reactive ketones (excluding diaryl/α,β-unsaturated/α-hetero) is 1. The van der Waals surface area contributed by atoms with Gasteiger partial charge in [-0.15, -0.1) is 0 Å². The van der Waals surface area contributed by atoms with Crippen molar-refractivity contribution < 1.29 is 28.5 Å². The molecule has 0 saturated heterocycles. The van der Waals surface area contributed by atoms with E-state index in [0.717, 1.165) is 0 Å². The molecule has 33 heavy (non-hydrogen) atoms. The second-order valence-corrected chi connectivity index (χ2v) is 7.03. The van der Waals surface area contributed by atoms with Crippen LogP contribution in [-0.2, 0) is 4.79 Å². The molecular formula is C22H31N5O6. The fraction of sp³-hybridized carbons (Fsp3) is 0.409. The maximum Gasteiger partial charge on any atom is 0.234 e. The predicted molar refractivity (Wildman–Crippen MR) is 125 cm³/mol. The van der Waals surface area contributed by atoms with Gasteiger partial charge in [-0.2, -0.15) is 0 Å². The fourth-order valence-corrected chi connectivity index (χ4v) is 3.64. The van der Waals surface area contributed by atoms with Crippen LogP contribution in [0.25, 0.3) is 10.8 Å². The number of guanidine groups is 1. The van der Waals surface area contributed by atoms with Gasteiger partial charge in [-0.05, 0) is 12.8 Å². The van der Waals surface area contributed by atoms with Crippen LogP contribution in [0.2, 0.25) is 0 Å². The van der Waals surface area contributed by atoms with E-state index in [0.29, 0.717) is 53.0 Å². The Bertz CT molecular complexity index is 1030. The summed E-state index contributed by atoms with van der Waals surface area (Å²) in [7, 11) is 5.89. The van der Waals surface area contributed by atoms with Crippen molar-refractivity contribution in [2.75, 3.05) is 41.5 Å². The van der Waals surface area contributed by atoms with Crippen LogP contribution in [0.3, 0.4) is 0 Å². The van der Waals surface area contributed by atoms with Gasteiger partial charge in [-0.25, -0.2) is 0 Å². The SMILES string of the molecule is COc1c(OC)c(OC)c2c(C(=O)C(CCCNC(=N)N)NC(=O)CN)cccc2c1OC. The molecule has 11 nitrogen and oxygen atoms in total. The molecule has 2 rings (SSSR count). The van der Waals surface area contributed by atoms with Crippen molar-refractivity contribution in [3.05, 3.63) is 23.8 Å². The van der Waals surface area contributed by atoms with Crippen LogP contribution < -0.4 is 41.0 Å². The average molecular weight is 462 g/mol. The number of hydrogen-bond donors (Lipinski definition) is 5. The number of carbonyl (C=O) groups is 2. The summed E-state index contributed by atoms with van der Waals surface area (Å²) in [5.41, 5.74) is 11.1. The molecule has 0 aromatic heterocycles. The number of ketones is 1. The number of fused-ring (bicyclic) bond motifs is 1. The van der Waals surface area contributed by atoms with E-state index >= 15 is 0 Å². The van der Waals surface area contributed by atoms with E-state index in [4.69, 9.17) is 35.8 Å². The molecule has 0 heterocycles. The van der Waals surface area contributed by atoms with E-state index in [1.807, 2.05) is 0 Å². The zero-order valence-corrected chi connectivity index (χ0v) is 19.2. The Hall–Kier alpha value is -3.73. The van der Waals surface area contributed by atoms with Gasteiger partial charge >= 0.3 is 0 Å². The minimum Gasteiger partial charge on any atom is -0.492 e. The van der Waals surface area contributed by atoms with Crippen molar-refractivity contribution in [3.63, 3.8) is 0 Å². The number of carbonyl (C=O) groups excluding carboxylic acids is 2. The standard InChI is InChI=1S/C22H31N5O6/c1-30-18-13-8-5-7-12(16(13)19(31-2)21(33-4)20(18)32-3)17(29)14(27-15(28)11-23)9-6-10-26-22(24)25/h5,7-8,14H,6,9-11,23H2,1-4H3,(H,27,28)(H4,24,25,26). The molecule has 0 saturated carbocycles. The summed E-state index contributed by atoms with van der Waals surface area (Å²) < 4.78 is 22.2. The van der Waals surface area contributed by atoms with Crippen molar-refractivity contribution in [1.82, 2.24) is 10.6 Å². The molecule has 2 aromatic rings. The number of amides is 1. The Balaban J connectivity index is 2.63. The highest BCUT2D eigenvalue weighted by Gasteiger charge is 2.29. The summed E-state index contributed by atoms with van der Waals surface area (Å²) in [6.07, 6.45) is 0.775. The third kappa shape index (κ3) is 5.55. The van der Waals surface area contributed by atoms with Crippen LogP contribution in [0, 0.1) is 5.41 Å². The molecule has 180 valence electrons. The monoisotopic (exact) mass is 461 g/mol. The summed E-state index contributed by atoms with van der Waals surface area (Å²) in [5.74, 6) is 0.324. The molecule has 1 atom stereocenters. The number of benzene rings is 2. The molecule has 0 spiro atoms. The average Bonchev–Trinajstić information content (AvgIpc) is 2.82. The first kappa shape index (κ1) is 25.5. The molecule has 1 unspecified atom stereocenters. The lowest BCUT2D eigenvalue weighted by Gasteiger charge is -2.22. The molecule has 2 aromatic carbocycles. The highest BCUT2D eigenvalue weighted by molar-refractivity contribution is 6.15. The maximum absolute atomic E-state index is 13.6. The molecule has 0 fully saturated rings. The Labute approximate surface area is 192 Å². The topological polar surface area (TPSA) is 171 Å². The number of methoxy groups -OCH3 is 4. The molecule has 0 bridgehead atoms. The number of rotatable bonds is 12. The fourth-order valence-electron chi connectivity index (χ4n) is 3.64. The molecule has 0 aliphatic heterocycles. The summed E-state index contributed by atoms with van der Waals surface area (Å²) in [6, 6.07) is 4.28. The largest absolute Gasteiger partial charge is 0.492 e. The first-order chi connectivity index (χ1) is 15.8. The van der Waals surface area contributed by atoms with Gasteiger partial charge in [0, 0.05) is 22.9 Å². The lowest BCUT2D eigenvalue weighted by atomic mass is 9.93. The zero-order chi connectivity index (χ0) is 24.5. The summed E-state index contributed by atoms with van der Waals surface area (Å²) in [5, 5.41) is 13.7. The number of ether oxygens (including phenoxy) is 4. The Kier molecular flexibility index (Phi) is 9.10. The van der Waals surface area contributed by atoms with E-state index in [-0.39, 0.29) is 24.0 Å². The zero-order valence-electron chi connectivity index (χ0n) is 19.2. The van der Waals surface area contributed by atoms with Crippen LogP contribution in [0.5, 0.6) is 23.0 Å². The van der Waals surface area contributed by atoms with Crippen LogP contribution in [0.1, 0.15) is 23.2 Å². The number of hydrogen-bond acceptors (Lipinski definition) is 8. The van der Waals surface area contributed by atoms with Gasteiger partial charge in [0.15, 0.2) is 23.2 Å². The van der Waals surface area contributed by atoms with Gasteiger partial charge in [0.05, 0.1) is 41.0 Å². The van der Waals surface area contributed by atoms with Crippen LogP contribution in [0.15, 0.2) is 18.2 Å². The van der Waals surface area contributed by atoms with Crippen molar-refractivity contribution in [1.29, 1.82) is 5.41 Å². The van der Waals surface area contributed by atoms with E-state index in [1.54, 1.807) is 18.2 Å². The van der Waals surface area contributed by atoms with Crippen molar-refractivity contribution in [2.24, 2.45) is 11.5 Å². The van der Waals surface area contributed by atoms with Gasteiger partial charge in [-0.1, -0.05) is 18.2 Å². The van der Waals surface area contributed by atoms with Gasteiger partial charge in [0.2, 0.25) is 17.4 Å². The Morgan fingerprint density at radius 2 is 1.61 bits per heavy atom. The lowest BCUT2D eigenvalue weighted by molar-refractivity contribution is -0.120. The first-order valence-electron chi connectivity index (χ1n) is 10.2. The lowest BCUT2D eigenvalue weighted by Crippen LogP contribution is -2.44. The number of nitrogens with two attached hydrogens (primary N) is 2. The van der Waals surface area contributed by atoms with E-state index in [9.17, 15) is 9.59 Å². The molecule has 0 radical (unpaired) electrons. The number of nitrogens with one attached hydrogen (secondary N) is 3. The highest BCUT2D eigenvalue weighted by atomic mass is 16.5. The second-order valence-electron chi connectivity index (χ2n) is 7.03. The van der Waals surface area contributed by atoms with Crippen molar-refractivity contribution >= 4 is 28.4 Å². The van der Waals surface area contributed by atoms with Gasteiger partial charge in [-0.3, -0.25) is 15.0 Å². The molecule has 0 aliphatic rings. The summed E-state index contributed by atoms with van der Waals surface area (Å²) in [4.78, 5) is 25.7. The minimum atomic E-state index is -0.857. The third-order valence-electron chi connectivity index (χ3n) is 5.06. The van der Waals surface area contributed by atoms with E-state index < -0.39 is 11.9 Å². The van der Waals surface area contributed by atoms with Crippen molar-refractivity contribution in [3.8, 4) is 23.0 Å². The molecule has 0 aliphatic carbocycles. The van der Waals surface area contributed by atoms with Crippen molar-refractivity contribution in [2.45, 2.75) is 18.9 Å². The normalized spacial score (nSPS) is 11.4. The van der Waals surface area contributed by atoms with E-state index in [2.05, 4.69) is 10.6 Å². The summed E-state index contributed by atoms with van der Waals surface area (Å²) in [6.45, 7) is 0.114. The molecule has 7 N–H and O–H groups in total. The maximum atomic E-state index is 13.6. The van der Waals surface area contributed by atoms with Gasteiger partial charge in [0.1, 0.15) is 0 Å². The van der Waals surface area contributed by atoms with Crippen LogP contribution in [-0.4, -0.2) is 65.2 Å². The highest BCUT2D eigenvalue weighted by Crippen LogP contribution is 2.51. The molecular weight excluding hydrogens is 430 g/mol. The third-order valence-corrected chi connectivity index (χ3v) is 5.06. The van der Waals surface area contributed by atoms with Gasteiger partial charge < -0.3 is 41.0 Å². The van der Waals surface area contributed by atoms with Crippen LogP contribution in [0.4, 0.5) is 0 Å². The van der Waals surface area contributed by atoms with Crippen LogP contribution >= 0.6 is 0 Å². The summed E-state index contributed by atoms with van der Waals surface area (Å²) >= 11 is 0. The molecule has 1 amide bonds. The smallest absolute Gasteiger partial charge is 0.234 e.